The van der Waals surface area contributed by atoms with Crippen molar-refractivity contribution in [3.8, 4) is 11.4 Å². The molecule has 0 aliphatic rings. The van der Waals surface area contributed by atoms with E-state index < -0.39 is 0 Å². The van der Waals surface area contributed by atoms with E-state index >= 15 is 0 Å². The van der Waals surface area contributed by atoms with Gasteiger partial charge in [-0.1, -0.05) is 0 Å². The van der Waals surface area contributed by atoms with Gasteiger partial charge >= 0.3 is 0 Å². The van der Waals surface area contributed by atoms with Crippen molar-refractivity contribution in [2.75, 3.05) is 12.4 Å². The van der Waals surface area contributed by atoms with Crippen LogP contribution in [-0.4, -0.2) is 27.7 Å². The predicted molar refractivity (Wildman–Crippen MR) is 54.6 cm³/mol. The Morgan fingerprint density at radius 1 is 1.47 bits per heavy atom. The smallest absolute Gasteiger partial charge is 0.204 e. The summed E-state index contributed by atoms with van der Waals surface area (Å²) in [6.45, 7) is 0. The monoisotopic (exact) mass is 204 g/mol. The lowest BCUT2D eigenvalue weighted by Gasteiger charge is -2.03. The quantitative estimate of drug-likeness (QED) is 0.734. The fourth-order valence-electron chi connectivity index (χ4n) is 1.24. The Morgan fingerprint density at radius 3 is 2.93 bits per heavy atom. The molecular formula is C8H8N6O. The van der Waals surface area contributed by atoms with Gasteiger partial charge in [-0.05, 0) is 28.6 Å². The Labute approximate surface area is 84.9 Å². The zero-order valence-electron chi connectivity index (χ0n) is 7.93. The predicted octanol–water partition coefficient (Wildman–Crippen LogP) is 1.31. The molecule has 76 valence electrons. The minimum absolute atomic E-state index is 0.319. The molecule has 1 heterocycles. The maximum atomic E-state index is 10.6. The summed E-state index contributed by atoms with van der Waals surface area (Å²) in [5, 5.41) is 19.2. The van der Waals surface area contributed by atoms with Crippen molar-refractivity contribution >= 4 is 11.4 Å². The summed E-state index contributed by atoms with van der Waals surface area (Å²) >= 11 is 0. The molecule has 0 spiro atoms. The van der Waals surface area contributed by atoms with Crippen molar-refractivity contribution in [1.82, 2.24) is 20.6 Å². The van der Waals surface area contributed by atoms with Crippen LogP contribution in [0.2, 0.25) is 0 Å². The van der Waals surface area contributed by atoms with Gasteiger partial charge in [0.25, 0.3) is 0 Å². The van der Waals surface area contributed by atoms with Crippen LogP contribution in [0.4, 0.5) is 11.4 Å². The van der Waals surface area contributed by atoms with E-state index in [1.54, 1.807) is 25.2 Å². The first-order valence-corrected chi connectivity index (χ1v) is 4.24. The molecule has 1 aromatic carbocycles. The first-order valence-electron chi connectivity index (χ1n) is 4.24. The van der Waals surface area contributed by atoms with E-state index in [2.05, 4.69) is 31.1 Å². The normalized spacial score (nSPS) is 9.93. The molecule has 7 nitrogen and oxygen atoms in total. The molecule has 0 saturated heterocycles. The Balaban J connectivity index is 2.48. The van der Waals surface area contributed by atoms with Crippen molar-refractivity contribution in [2.24, 2.45) is 5.18 Å². The van der Waals surface area contributed by atoms with E-state index in [9.17, 15) is 4.91 Å². The molecule has 0 bridgehead atoms. The van der Waals surface area contributed by atoms with Gasteiger partial charge in [-0.2, -0.15) is 5.21 Å². The Kier molecular flexibility index (Phi) is 2.36. The van der Waals surface area contributed by atoms with Crippen molar-refractivity contribution in [3.05, 3.63) is 23.1 Å². The minimum atomic E-state index is 0.319. The number of aromatic nitrogens is 4. The summed E-state index contributed by atoms with van der Waals surface area (Å²) in [4.78, 5) is 10.6. The lowest BCUT2D eigenvalue weighted by atomic mass is 10.1. The van der Waals surface area contributed by atoms with Crippen molar-refractivity contribution in [3.63, 3.8) is 0 Å². The number of nitroso groups, excluding NO2 is 1. The fraction of sp³-hybridized carbons (Fsp3) is 0.125. The fourth-order valence-corrected chi connectivity index (χ4v) is 1.24. The summed E-state index contributed by atoms with van der Waals surface area (Å²) in [7, 11) is 1.72. The number of benzene rings is 1. The Bertz CT molecular complexity index is 466. The third-order valence-corrected chi connectivity index (χ3v) is 1.97. The zero-order chi connectivity index (χ0) is 10.7. The van der Waals surface area contributed by atoms with Gasteiger partial charge in [-0.25, -0.2) is 0 Å². The van der Waals surface area contributed by atoms with Crippen LogP contribution >= 0.6 is 0 Å². The average Bonchev–Trinajstić information content (AvgIpc) is 2.81. The van der Waals surface area contributed by atoms with Crippen LogP contribution in [-0.2, 0) is 0 Å². The molecule has 0 aliphatic carbocycles. The molecule has 0 radical (unpaired) electrons. The second-order valence-corrected chi connectivity index (χ2v) is 2.81. The molecule has 1 aromatic heterocycles. The van der Waals surface area contributed by atoms with Crippen LogP contribution in [0.3, 0.4) is 0 Å². The molecule has 0 atom stereocenters. The number of nitrogens with zero attached hydrogens (tertiary/aromatic N) is 4. The van der Waals surface area contributed by atoms with E-state index in [4.69, 9.17) is 0 Å². The number of rotatable bonds is 3. The number of aromatic amines is 1. The van der Waals surface area contributed by atoms with Crippen LogP contribution in [0.5, 0.6) is 0 Å². The molecule has 0 unspecified atom stereocenters. The summed E-state index contributed by atoms with van der Waals surface area (Å²) in [6, 6.07) is 5.12. The third-order valence-electron chi connectivity index (χ3n) is 1.97. The topological polar surface area (TPSA) is 95.9 Å². The molecule has 2 aromatic rings. The van der Waals surface area contributed by atoms with Gasteiger partial charge in [0.15, 0.2) is 0 Å². The highest BCUT2D eigenvalue weighted by Crippen LogP contribution is 2.28. The first kappa shape index (κ1) is 9.25. The van der Waals surface area contributed by atoms with E-state index in [1.807, 2.05) is 0 Å². The number of H-pyrrole nitrogens is 1. The molecule has 2 rings (SSSR count). The van der Waals surface area contributed by atoms with Gasteiger partial charge in [0.2, 0.25) is 5.82 Å². The molecular weight excluding hydrogens is 196 g/mol. The standard InChI is InChI=1S/C8H8N6O/c1-9-6-3-2-5(4-7(6)12-15)8-10-13-14-11-8/h2-4,9H,1H3,(H,10,11,13,14). The van der Waals surface area contributed by atoms with Gasteiger partial charge in [-0.15, -0.1) is 15.1 Å². The lowest BCUT2D eigenvalue weighted by molar-refractivity contribution is 0.881. The summed E-state index contributed by atoms with van der Waals surface area (Å²) in [5.41, 5.74) is 1.68. The second-order valence-electron chi connectivity index (χ2n) is 2.81. The number of hydrogen-bond donors (Lipinski definition) is 2. The summed E-state index contributed by atoms with van der Waals surface area (Å²) < 4.78 is 0. The highest BCUT2D eigenvalue weighted by atomic mass is 16.3. The van der Waals surface area contributed by atoms with Crippen molar-refractivity contribution in [2.45, 2.75) is 0 Å². The molecule has 0 saturated carbocycles. The Morgan fingerprint density at radius 2 is 2.33 bits per heavy atom. The second kappa shape index (κ2) is 3.82. The van der Waals surface area contributed by atoms with Crippen LogP contribution in [0.15, 0.2) is 23.4 Å². The van der Waals surface area contributed by atoms with E-state index in [-0.39, 0.29) is 0 Å². The lowest BCUT2D eigenvalue weighted by Crippen LogP contribution is -1.89. The Hall–Kier alpha value is -2.31. The first-order chi connectivity index (χ1) is 7.35. The maximum Gasteiger partial charge on any atom is 0.204 e. The maximum absolute atomic E-state index is 10.6. The van der Waals surface area contributed by atoms with Gasteiger partial charge in [0.1, 0.15) is 5.69 Å². The van der Waals surface area contributed by atoms with E-state index in [1.165, 1.54) is 0 Å². The molecule has 7 heteroatoms. The molecule has 15 heavy (non-hydrogen) atoms. The summed E-state index contributed by atoms with van der Waals surface area (Å²) in [5.74, 6) is 0.433. The van der Waals surface area contributed by atoms with Crippen molar-refractivity contribution in [1.29, 1.82) is 0 Å². The average molecular weight is 204 g/mol. The van der Waals surface area contributed by atoms with E-state index in [0.29, 0.717) is 22.8 Å². The number of tetrazole rings is 1. The van der Waals surface area contributed by atoms with Crippen molar-refractivity contribution < 1.29 is 0 Å². The molecule has 0 aliphatic heterocycles. The van der Waals surface area contributed by atoms with Gasteiger partial charge in [-0.3, -0.25) is 0 Å². The van der Waals surface area contributed by atoms with Gasteiger partial charge in [0.05, 0.1) is 5.69 Å². The number of anilines is 1. The van der Waals surface area contributed by atoms with Crippen LogP contribution in [0.1, 0.15) is 0 Å². The van der Waals surface area contributed by atoms with E-state index in [0.717, 1.165) is 0 Å². The molecule has 2 N–H and O–H groups in total. The van der Waals surface area contributed by atoms with Gasteiger partial charge in [0, 0.05) is 12.6 Å². The molecule has 0 amide bonds. The minimum Gasteiger partial charge on any atom is -0.386 e. The van der Waals surface area contributed by atoms with Crippen LogP contribution < -0.4 is 5.32 Å². The zero-order valence-corrected chi connectivity index (χ0v) is 7.93. The number of nitrogens with one attached hydrogen (secondary N) is 2. The van der Waals surface area contributed by atoms with Crippen LogP contribution in [0, 0.1) is 4.91 Å². The third kappa shape index (κ3) is 1.66. The highest BCUT2D eigenvalue weighted by molar-refractivity contribution is 5.72. The van der Waals surface area contributed by atoms with Crippen LogP contribution in [0.25, 0.3) is 11.4 Å². The highest BCUT2D eigenvalue weighted by Gasteiger charge is 2.07. The SMILES string of the molecule is CNc1ccc(-c2nn[nH]n2)cc1N=O. The number of hydrogen-bond acceptors (Lipinski definition) is 6. The van der Waals surface area contributed by atoms with Gasteiger partial charge < -0.3 is 5.32 Å². The summed E-state index contributed by atoms with van der Waals surface area (Å²) in [6.07, 6.45) is 0. The largest absolute Gasteiger partial charge is 0.386 e. The molecule has 0 fully saturated rings.